The van der Waals surface area contributed by atoms with Crippen molar-refractivity contribution in [1.29, 1.82) is 0 Å². The van der Waals surface area contributed by atoms with Gasteiger partial charge in [0.2, 0.25) is 0 Å². The maximum Gasteiger partial charge on any atom is 0.0558 e. The molecule has 1 saturated heterocycles. The van der Waals surface area contributed by atoms with Crippen molar-refractivity contribution in [3.8, 4) is 0 Å². The minimum atomic E-state index is 0.259. The molecular weight excluding hydrogens is 202 g/mol. The van der Waals surface area contributed by atoms with Gasteiger partial charge in [-0.15, -0.1) is 0 Å². The highest BCUT2D eigenvalue weighted by atomic mass is 16.3. The van der Waals surface area contributed by atoms with Gasteiger partial charge in [0, 0.05) is 44.3 Å². The molecule has 1 aliphatic heterocycles. The summed E-state index contributed by atoms with van der Waals surface area (Å²) in [6.07, 6.45) is 4.83. The van der Waals surface area contributed by atoms with Crippen LogP contribution in [-0.2, 0) is 0 Å². The Morgan fingerprint density at radius 1 is 1.12 bits per heavy atom. The Hall–Kier alpha value is -1.13. The molecule has 0 amide bonds. The van der Waals surface area contributed by atoms with Crippen LogP contribution in [0.25, 0.3) is 0 Å². The van der Waals surface area contributed by atoms with Crippen LogP contribution in [0, 0.1) is 0 Å². The van der Waals surface area contributed by atoms with Crippen molar-refractivity contribution >= 4 is 5.69 Å². The summed E-state index contributed by atoms with van der Waals surface area (Å²) in [6, 6.07) is 4.11. The smallest absolute Gasteiger partial charge is 0.0558 e. The van der Waals surface area contributed by atoms with Crippen LogP contribution in [0.1, 0.15) is 6.42 Å². The molecule has 0 unspecified atom stereocenters. The lowest BCUT2D eigenvalue weighted by molar-refractivity contribution is 0.204. The third-order valence-electron chi connectivity index (χ3n) is 3.03. The Morgan fingerprint density at radius 3 is 2.69 bits per heavy atom. The summed E-state index contributed by atoms with van der Waals surface area (Å²) in [6.45, 7) is 5.29. The van der Waals surface area contributed by atoms with Gasteiger partial charge in [0.1, 0.15) is 0 Å². The third-order valence-corrected chi connectivity index (χ3v) is 3.03. The van der Waals surface area contributed by atoms with E-state index >= 15 is 0 Å². The zero-order chi connectivity index (χ0) is 11.2. The van der Waals surface area contributed by atoms with Crippen LogP contribution in [0.4, 0.5) is 5.69 Å². The fraction of sp³-hybridized carbons (Fsp3) is 0.583. The van der Waals surface area contributed by atoms with Crippen LogP contribution in [0.3, 0.4) is 0 Å². The minimum Gasteiger partial charge on any atom is -0.395 e. The van der Waals surface area contributed by atoms with Crippen molar-refractivity contribution in [3.05, 3.63) is 24.5 Å². The van der Waals surface area contributed by atoms with E-state index in [0.717, 1.165) is 39.1 Å². The van der Waals surface area contributed by atoms with E-state index in [0.29, 0.717) is 0 Å². The Morgan fingerprint density at radius 2 is 1.94 bits per heavy atom. The first-order valence-corrected chi connectivity index (χ1v) is 5.88. The number of anilines is 1. The topological polar surface area (TPSA) is 39.6 Å². The number of pyridine rings is 1. The lowest BCUT2D eigenvalue weighted by Crippen LogP contribution is -2.32. The van der Waals surface area contributed by atoms with Gasteiger partial charge in [0.25, 0.3) is 0 Å². The van der Waals surface area contributed by atoms with E-state index in [1.807, 2.05) is 12.4 Å². The number of hydrogen-bond donors (Lipinski definition) is 1. The van der Waals surface area contributed by atoms with Crippen molar-refractivity contribution in [2.24, 2.45) is 0 Å². The van der Waals surface area contributed by atoms with Crippen LogP contribution >= 0.6 is 0 Å². The van der Waals surface area contributed by atoms with Crippen LogP contribution in [0.5, 0.6) is 0 Å². The molecule has 0 aromatic carbocycles. The van der Waals surface area contributed by atoms with Gasteiger partial charge in [-0.2, -0.15) is 0 Å². The molecule has 2 rings (SSSR count). The van der Waals surface area contributed by atoms with E-state index in [9.17, 15) is 0 Å². The van der Waals surface area contributed by atoms with Gasteiger partial charge in [-0.05, 0) is 25.1 Å². The van der Waals surface area contributed by atoms with E-state index < -0.39 is 0 Å². The van der Waals surface area contributed by atoms with Gasteiger partial charge in [0.05, 0.1) is 6.61 Å². The van der Waals surface area contributed by atoms with Crippen molar-refractivity contribution in [2.75, 3.05) is 44.2 Å². The highest BCUT2D eigenvalue weighted by molar-refractivity contribution is 5.44. The van der Waals surface area contributed by atoms with Crippen LogP contribution in [0.2, 0.25) is 0 Å². The maximum absolute atomic E-state index is 8.93. The molecule has 1 N–H and O–H groups in total. The van der Waals surface area contributed by atoms with E-state index in [4.69, 9.17) is 5.11 Å². The number of hydrogen-bond acceptors (Lipinski definition) is 4. The number of rotatable bonds is 3. The third kappa shape index (κ3) is 2.93. The van der Waals surface area contributed by atoms with Gasteiger partial charge >= 0.3 is 0 Å². The molecule has 0 bridgehead atoms. The number of nitrogens with zero attached hydrogens (tertiary/aromatic N) is 3. The maximum atomic E-state index is 8.93. The van der Waals surface area contributed by atoms with E-state index in [1.54, 1.807) is 0 Å². The number of aliphatic hydroxyl groups is 1. The van der Waals surface area contributed by atoms with Gasteiger partial charge in [0.15, 0.2) is 0 Å². The molecule has 0 spiro atoms. The zero-order valence-corrected chi connectivity index (χ0v) is 9.55. The second kappa shape index (κ2) is 5.82. The fourth-order valence-electron chi connectivity index (χ4n) is 2.15. The monoisotopic (exact) mass is 221 g/mol. The van der Waals surface area contributed by atoms with Crippen LogP contribution in [0.15, 0.2) is 24.5 Å². The molecule has 1 fully saturated rings. The first-order valence-electron chi connectivity index (χ1n) is 5.88. The predicted molar refractivity (Wildman–Crippen MR) is 64.6 cm³/mol. The lowest BCUT2D eigenvalue weighted by Gasteiger charge is -2.23. The molecule has 2 heterocycles. The predicted octanol–water partition coefficient (Wildman–Crippen LogP) is 0.586. The standard InChI is InChI=1S/C12H19N3O/c16-11-10-14-6-1-7-15(9-8-14)12-2-4-13-5-3-12/h2-5,16H,1,6-11H2. The highest BCUT2D eigenvalue weighted by Crippen LogP contribution is 2.14. The number of aromatic nitrogens is 1. The molecule has 0 atom stereocenters. The van der Waals surface area contributed by atoms with Crippen molar-refractivity contribution in [1.82, 2.24) is 9.88 Å². The molecule has 88 valence electrons. The summed E-state index contributed by atoms with van der Waals surface area (Å²) in [5.41, 5.74) is 1.25. The van der Waals surface area contributed by atoms with Crippen molar-refractivity contribution in [2.45, 2.75) is 6.42 Å². The summed E-state index contributed by atoms with van der Waals surface area (Å²) < 4.78 is 0. The molecule has 1 aromatic rings. The molecule has 16 heavy (non-hydrogen) atoms. The normalized spacial score (nSPS) is 18.4. The number of β-amino-alcohol motifs (C(OH)–C–C–N with tert-alkyl or cyclic N) is 1. The molecule has 0 saturated carbocycles. The van der Waals surface area contributed by atoms with Gasteiger partial charge in [-0.1, -0.05) is 0 Å². The second-order valence-electron chi connectivity index (χ2n) is 4.11. The first kappa shape index (κ1) is 11.4. The van der Waals surface area contributed by atoms with Gasteiger partial charge in [-0.3, -0.25) is 9.88 Å². The molecule has 4 heteroatoms. The molecule has 0 aliphatic carbocycles. The SMILES string of the molecule is OCCN1CCCN(c2ccncc2)CC1. The first-order chi connectivity index (χ1) is 7.90. The zero-order valence-electron chi connectivity index (χ0n) is 9.55. The van der Waals surface area contributed by atoms with E-state index in [2.05, 4.69) is 26.9 Å². The van der Waals surface area contributed by atoms with Crippen molar-refractivity contribution in [3.63, 3.8) is 0 Å². The summed E-state index contributed by atoms with van der Waals surface area (Å²) in [7, 11) is 0. The fourth-order valence-corrected chi connectivity index (χ4v) is 2.15. The highest BCUT2D eigenvalue weighted by Gasteiger charge is 2.14. The molecular formula is C12H19N3O. The Kier molecular flexibility index (Phi) is 4.13. The second-order valence-corrected chi connectivity index (χ2v) is 4.11. The van der Waals surface area contributed by atoms with Crippen LogP contribution < -0.4 is 4.90 Å². The summed E-state index contributed by atoms with van der Waals surface area (Å²) >= 11 is 0. The Balaban J connectivity index is 1.94. The Labute approximate surface area is 96.5 Å². The summed E-state index contributed by atoms with van der Waals surface area (Å²) in [5.74, 6) is 0. The Bertz CT molecular complexity index is 304. The van der Waals surface area contributed by atoms with E-state index in [1.165, 1.54) is 5.69 Å². The average molecular weight is 221 g/mol. The van der Waals surface area contributed by atoms with Gasteiger partial charge in [-0.25, -0.2) is 0 Å². The number of aliphatic hydroxyl groups excluding tert-OH is 1. The quantitative estimate of drug-likeness (QED) is 0.811. The van der Waals surface area contributed by atoms with Crippen LogP contribution in [-0.4, -0.2) is 54.3 Å². The lowest BCUT2D eigenvalue weighted by atomic mass is 10.3. The van der Waals surface area contributed by atoms with Gasteiger partial charge < -0.3 is 10.0 Å². The molecule has 0 radical (unpaired) electrons. The molecule has 4 nitrogen and oxygen atoms in total. The largest absolute Gasteiger partial charge is 0.395 e. The average Bonchev–Trinajstić information content (AvgIpc) is 2.57. The molecule has 1 aromatic heterocycles. The summed E-state index contributed by atoms with van der Waals surface area (Å²) in [5, 5.41) is 8.93. The van der Waals surface area contributed by atoms with E-state index in [-0.39, 0.29) is 6.61 Å². The summed E-state index contributed by atoms with van der Waals surface area (Å²) in [4.78, 5) is 8.75. The van der Waals surface area contributed by atoms with Crippen molar-refractivity contribution < 1.29 is 5.11 Å². The molecule has 1 aliphatic rings. The minimum absolute atomic E-state index is 0.259.